The molecule has 6 nitrogen and oxygen atoms in total. The van der Waals surface area contributed by atoms with Crippen LogP contribution in [-0.2, 0) is 11.3 Å². The number of esters is 1. The third kappa shape index (κ3) is 2.51. The Labute approximate surface area is 102 Å². The lowest BCUT2D eigenvalue weighted by Gasteiger charge is -1.96. The quantitative estimate of drug-likeness (QED) is 0.819. The van der Waals surface area contributed by atoms with E-state index in [1.807, 2.05) is 0 Å². The van der Waals surface area contributed by atoms with Crippen LogP contribution in [0.15, 0.2) is 18.6 Å². The van der Waals surface area contributed by atoms with Gasteiger partial charge in [-0.3, -0.25) is 0 Å². The van der Waals surface area contributed by atoms with Crippen LogP contribution in [0, 0.1) is 0 Å². The first kappa shape index (κ1) is 11.7. The number of carbonyl (C=O) groups is 1. The molecule has 0 saturated heterocycles. The Bertz CT molecular complexity index is 520. The molecule has 90 valence electrons. The van der Waals surface area contributed by atoms with Gasteiger partial charge in [0, 0.05) is 23.8 Å². The maximum Gasteiger partial charge on any atom is 0.341 e. The second-order valence-corrected chi connectivity index (χ2v) is 4.30. The molecule has 0 aliphatic carbocycles. The molecule has 0 saturated carbocycles. The largest absolute Gasteiger partial charge is 0.462 e. The van der Waals surface area contributed by atoms with E-state index in [1.54, 1.807) is 19.3 Å². The second kappa shape index (κ2) is 5.07. The van der Waals surface area contributed by atoms with Crippen LogP contribution in [0.5, 0.6) is 0 Å². The fourth-order valence-corrected chi connectivity index (χ4v) is 1.97. The van der Waals surface area contributed by atoms with Crippen molar-refractivity contribution in [2.45, 2.75) is 13.5 Å². The predicted molar refractivity (Wildman–Crippen MR) is 63.1 cm³/mol. The third-order valence-corrected chi connectivity index (χ3v) is 3.04. The highest BCUT2D eigenvalue weighted by Gasteiger charge is 2.11. The molecule has 0 amide bonds. The molecule has 0 unspecified atom stereocenters. The van der Waals surface area contributed by atoms with E-state index in [1.165, 1.54) is 22.2 Å². The zero-order chi connectivity index (χ0) is 12.3. The zero-order valence-electron chi connectivity index (χ0n) is 9.29. The van der Waals surface area contributed by atoms with E-state index >= 15 is 0 Å². The highest BCUT2D eigenvalue weighted by atomic mass is 32.1. The number of nitrogens with two attached hydrogens (primary N) is 1. The first-order chi connectivity index (χ1) is 8.24. The minimum atomic E-state index is -0.380. The first-order valence-corrected chi connectivity index (χ1v) is 5.93. The maximum absolute atomic E-state index is 11.4. The van der Waals surface area contributed by atoms with Crippen molar-refractivity contribution < 1.29 is 9.53 Å². The van der Waals surface area contributed by atoms with Crippen molar-refractivity contribution in [1.29, 1.82) is 0 Å². The summed E-state index contributed by atoms with van der Waals surface area (Å²) in [6.07, 6.45) is 4.75. The van der Waals surface area contributed by atoms with Crippen molar-refractivity contribution in [3.63, 3.8) is 0 Å². The lowest BCUT2D eigenvalue weighted by Crippen LogP contribution is -2.03. The molecule has 0 aliphatic heterocycles. The molecule has 2 aromatic heterocycles. The van der Waals surface area contributed by atoms with E-state index in [-0.39, 0.29) is 5.97 Å². The van der Waals surface area contributed by atoms with Gasteiger partial charge in [0.15, 0.2) is 0 Å². The minimum absolute atomic E-state index is 0.346. The number of hydrogen-bond donors (Lipinski definition) is 1. The summed E-state index contributed by atoms with van der Waals surface area (Å²) in [5.74, 6) is -0.380. The highest BCUT2D eigenvalue weighted by Crippen LogP contribution is 2.16. The smallest absolute Gasteiger partial charge is 0.341 e. The molecule has 17 heavy (non-hydrogen) atoms. The van der Waals surface area contributed by atoms with Gasteiger partial charge in [0.05, 0.1) is 18.4 Å². The SMILES string of the molecule is CCOC(=O)c1cnn(-c2ncc(CN)s2)c1. The molecule has 2 N–H and O–H groups in total. The molecule has 0 spiro atoms. The van der Waals surface area contributed by atoms with Crippen molar-refractivity contribution >= 4 is 17.3 Å². The van der Waals surface area contributed by atoms with E-state index in [4.69, 9.17) is 10.5 Å². The average Bonchev–Trinajstić information content (AvgIpc) is 2.98. The Hall–Kier alpha value is -1.73. The van der Waals surface area contributed by atoms with Crippen LogP contribution in [0.2, 0.25) is 0 Å². The molecule has 0 aromatic carbocycles. The number of ether oxygens (including phenoxy) is 1. The highest BCUT2D eigenvalue weighted by molar-refractivity contribution is 7.14. The normalized spacial score (nSPS) is 10.5. The van der Waals surface area contributed by atoms with Crippen molar-refractivity contribution in [1.82, 2.24) is 14.8 Å². The van der Waals surface area contributed by atoms with Crippen LogP contribution in [0.1, 0.15) is 22.2 Å². The summed E-state index contributed by atoms with van der Waals surface area (Å²) >= 11 is 1.44. The molecule has 0 fully saturated rings. The molecule has 0 atom stereocenters. The van der Waals surface area contributed by atoms with Gasteiger partial charge < -0.3 is 10.5 Å². The Morgan fingerprint density at radius 3 is 3.06 bits per heavy atom. The molecule has 0 aliphatic rings. The fourth-order valence-electron chi connectivity index (χ4n) is 1.24. The molecule has 0 radical (unpaired) electrons. The van der Waals surface area contributed by atoms with E-state index in [9.17, 15) is 4.79 Å². The van der Waals surface area contributed by atoms with Crippen LogP contribution >= 0.6 is 11.3 Å². The summed E-state index contributed by atoms with van der Waals surface area (Å²) in [5, 5.41) is 4.74. The van der Waals surface area contributed by atoms with Crippen LogP contribution in [0.25, 0.3) is 5.13 Å². The number of aromatic nitrogens is 3. The summed E-state index contributed by atoms with van der Waals surface area (Å²) in [7, 11) is 0. The van der Waals surface area contributed by atoms with Gasteiger partial charge in [0.25, 0.3) is 0 Å². The number of carbonyl (C=O) groups excluding carboxylic acids is 1. The summed E-state index contributed by atoms with van der Waals surface area (Å²) in [4.78, 5) is 16.6. The summed E-state index contributed by atoms with van der Waals surface area (Å²) in [6.45, 7) is 2.55. The zero-order valence-corrected chi connectivity index (χ0v) is 10.1. The van der Waals surface area contributed by atoms with Gasteiger partial charge in [-0.05, 0) is 6.92 Å². The van der Waals surface area contributed by atoms with Gasteiger partial charge in [0.1, 0.15) is 0 Å². The molecule has 7 heteroatoms. The van der Waals surface area contributed by atoms with E-state index in [0.29, 0.717) is 23.8 Å². The Balaban J connectivity index is 2.20. The van der Waals surface area contributed by atoms with Gasteiger partial charge in [-0.2, -0.15) is 5.10 Å². The Morgan fingerprint density at radius 1 is 1.59 bits per heavy atom. The molecule has 2 aromatic rings. The molecule has 0 bridgehead atoms. The monoisotopic (exact) mass is 252 g/mol. The number of nitrogens with zero attached hydrogens (tertiary/aromatic N) is 3. The van der Waals surface area contributed by atoms with Crippen molar-refractivity contribution in [2.24, 2.45) is 5.73 Å². The van der Waals surface area contributed by atoms with Gasteiger partial charge >= 0.3 is 5.97 Å². The van der Waals surface area contributed by atoms with Crippen molar-refractivity contribution in [2.75, 3.05) is 6.61 Å². The molecular weight excluding hydrogens is 240 g/mol. The Kier molecular flexibility index (Phi) is 3.50. The topological polar surface area (TPSA) is 83.0 Å². The second-order valence-electron chi connectivity index (χ2n) is 3.21. The van der Waals surface area contributed by atoms with Gasteiger partial charge in [-0.1, -0.05) is 11.3 Å². The van der Waals surface area contributed by atoms with Crippen LogP contribution in [0.3, 0.4) is 0 Å². The maximum atomic E-state index is 11.4. The number of thiazole rings is 1. The fraction of sp³-hybridized carbons (Fsp3) is 0.300. The number of rotatable bonds is 4. The van der Waals surface area contributed by atoms with E-state index < -0.39 is 0 Å². The van der Waals surface area contributed by atoms with Crippen LogP contribution in [-0.4, -0.2) is 27.3 Å². The lowest BCUT2D eigenvalue weighted by molar-refractivity contribution is 0.0526. The third-order valence-electron chi connectivity index (χ3n) is 2.03. The van der Waals surface area contributed by atoms with Crippen LogP contribution < -0.4 is 5.73 Å². The molecule has 2 heterocycles. The standard InChI is InChI=1S/C10H12N4O2S/c1-2-16-9(15)7-4-13-14(6-7)10-12-5-8(3-11)17-10/h4-6H,2-3,11H2,1H3. The van der Waals surface area contributed by atoms with Crippen molar-refractivity contribution in [3.05, 3.63) is 29.0 Å². The number of hydrogen-bond acceptors (Lipinski definition) is 6. The molecule has 2 rings (SSSR count). The summed E-state index contributed by atoms with van der Waals surface area (Å²) < 4.78 is 6.41. The summed E-state index contributed by atoms with van der Waals surface area (Å²) in [6, 6.07) is 0. The first-order valence-electron chi connectivity index (χ1n) is 5.11. The lowest BCUT2D eigenvalue weighted by atomic mass is 10.4. The van der Waals surface area contributed by atoms with E-state index in [2.05, 4.69) is 10.1 Å². The van der Waals surface area contributed by atoms with E-state index in [0.717, 1.165) is 4.88 Å². The predicted octanol–water partition coefficient (Wildman–Crippen LogP) is 0.964. The Morgan fingerprint density at radius 2 is 2.41 bits per heavy atom. The van der Waals surface area contributed by atoms with Crippen LogP contribution in [0.4, 0.5) is 0 Å². The van der Waals surface area contributed by atoms with Gasteiger partial charge in [0.2, 0.25) is 5.13 Å². The van der Waals surface area contributed by atoms with Gasteiger partial charge in [-0.15, -0.1) is 0 Å². The van der Waals surface area contributed by atoms with Crippen molar-refractivity contribution in [3.8, 4) is 5.13 Å². The van der Waals surface area contributed by atoms with Gasteiger partial charge in [-0.25, -0.2) is 14.5 Å². The average molecular weight is 252 g/mol. The minimum Gasteiger partial charge on any atom is -0.462 e. The molecular formula is C10H12N4O2S. The summed E-state index contributed by atoms with van der Waals surface area (Å²) in [5.41, 5.74) is 5.91.